The lowest BCUT2D eigenvalue weighted by Crippen LogP contribution is -2.08. The number of aromatic nitrogens is 1. The van der Waals surface area contributed by atoms with Crippen LogP contribution in [0.3, 0.4) is 0 Å². The van der Waals surface area contributed by atoms with Gasteiger partial charge in [-0.1, -0.05) is 0 Å². The Kier molecular flexibility index (Phi) is 5.68. The molecule has 0 saturated carbocycles. The van der Waals surface area contributed by atoms with Crippen molar-refractivity contribution in [2.45, 2.75) is 20.8 Å². The lowest BCUT2D eigenvalue weighted by molar-refractivity contribution is 0.0525. The molecule has 0 aliphatic heterocycles. The van der Waals surface area contributed by atoms with Crippen molar-refractivity contribution in [3.63, 3.8) is 0 Å². The van der Waals surface area contributed by atoms with Crippen LogP contribution in [0.25, 0.3) is 6.08 Å². The molecule has 134 valence electrons. The number of nitrogens with one attached hydrogen (secondary N) is 1. The number of hydrogen-bond donors (Lipinski definition) is 1. The first kappa shape index (κ1) is 19.1. The second-order valence-electron chi connectivity index (χ2n) is 5.51. The highest BCUT2D eigenvalue weighted by Gasteiger charge is 2.25. The van der Waals surface area contributed by atoms with E-state index in [9.17, 15) is 23.6 Å². The molecule has 0 fully saturated rings. The minimum Gasteiger partial charge on any atom is -0.462 e. The number of ether oxygens (including phenoxy) is 1. The fourth-order valence-electron chi connectivity index (χ4n) is 2.55. The van der Waals surface area contributed by atoms with Gasteiger partial charge in [-0.2, -0.15) is 5.26 Å². The van der Waals surface area contributed by atoms with Crippen LogP contribution >= 0.6 is 0 Å². The number of esters is 1. The Hall–Kier alpha value is -3.27. The van der Waals surface area contributed by atoms with Crippen LogP contribution in [-0.4, -0.2) is 23.3 Å². The number of halogens is 2. The number of nitriles is 1. The molecule has 0 bridgehead atoms. The largest absolute Gasteiger partial charge is 0.462 e. The molecule has 1 heterocycles. The monoisotopic (exact) mass is 358 g/mol. The zero-order chi connectivity index (χ0) is 19.4. The lowest BCUT2D eigenvalue weighted by Gasteiger charge is -2.03. The van der Waals surface area contributed by atoms with Gasteiger partial charge in [-0.05, 0) is 50.6 Å². The smallest absolute Gasteiger partial charge is 0.340 e. The summed E-state index contributed by atoms with van der Waals surface area (Å²) in [5, 5.41) is 9.28. The number of ketones is 1. The molecule has 0 amide bonds. The predicted molar refractivity (Wildman–Crippen MR) is 90.5 cm³/mol. The number of H-pyrrole nitrogens is 1. The molecular formula is C19H16F2N2O3. The summed E-state index contributed by atoms with van der Waals surface area (Å²) in [6.45, 7) is 4.97. The van der Waals surface area contributed by atoms with Crippen molar-refractivity contribution in [2.75, 3.05) is 6.61 Å². The first-order valence-corrected chi connectivity index (χ1v) is 7.78. The van der Waals surface area contributed by atoms with Gasteiger partial charge in [-0.15, -0.1) is 0 Å². The van der Waals surface area contributed by atoms with E-state index < -0.39 is 29.0 Å². The molecule has 1 N–H and O–H groups in total. The van der Waals surface area contributed by atoms with Gasteiger partial charge in [0.2, 0.25) is 5.78 Å². The highest BCUT2D eigenvalue weighted by Crippen LogP contribution is 2.23. The zero-order valence-corrected chi connectivity index (χ0v) is 14.4. The molecule has 7 heteroatoms. The van der Waals surface area contributed by atoms with Crippen LogP contribution in [0.15, 0.2) is 23.8 Å². The number of carbonyl (C=O) groups is 2. The average molecular weight is 358 g/mol. The molecule has 2 rings (SSSR count). The van der Waals surface area contributed by atoms with Crippen molar-refractivity contribution in [1.82, 2.24) is 4.98 Å². The third-order valence-corrected chi connectivity index (χ3v) is 3.77. The number of Topliss-reactive ketones (excluding diaryl/α,β-unsaturated/α-hetero) is 1. The molecular weight excluding hydrogens is 342 g/mol. The van der Waals surface area contributed by atoms with Crippen molar-refractivity contribution in [3.05, 3.63) is 63.5 Å². The number of hydrogen-bond acceptors (Lipinski definition) is 4. The minimum atomic E-state index is -0.765. The van der Waals surface area contributed by atoms with Gasteiger partial charge < -0.3 is 9.72 Å². The van der Waals surface area contributed by atoms with Gasteiger partial charge in [-0.3, -0.25) is 4.79 Å². The summed E-state index contributed by atoms with van der Waals surface area (Å²) in [5.41, 5.74) is 0.362. The van der Waals surface area contributed by atoms with Crippen LogP contribution in [0.2, 0.25) is 0 Å². The Labute approximate surface area is 148 Å². The van der Waals surface area contributed by atoms with Gasteiger partial charge in [0.15, 0.2) is 0 Å². The number of carbonyl (C=O) groups excluding carboxylic acids is 2. The third kappa shape index (κ3) is 3.70. The zero-order valence-electron chi connectivity index (χ0n) is 14.4. The van der Waals surface area contributed by atoms with Crippen molar-refractivity contribution >= 4 is 17.8 Å². The van der Waals surface area contributed by atoms with E-state index in [4.69, 9.17) is 4.74 Å². The van der Waals surface area contributed by atoms with Crippen molar-refractivity contribution in [2.24, 2.45) is 0 Å². The number of allylic oxidation sites excluding steroid dienone is 1. The molecule has 0 radical (unpaired) electrons. The average Bonchev–Trinajstić information content (AvgIpc) is 2.89. The van der Waals surface area contributed by atoms with Gasteiger partial charge >= 0.3 is 5.97 Å². The Morgan fingerprint density at radius 3 is 2.62 bits per heavy atom. The Bertz CT molecular complexity index is 952. The van der Waals surface area contributed by atoms with E-state index in [0.29, 0.717) is 11.3 Å². The van der Waals surface area contributed by atoms with Crippen molar-refractivity contribution in [3.8, 4) is 6.07 Å². The quantitative estimate of drug-likeness (QED) is 0.381. The molecule has 0 unspecified atom stereocenters. The Balaban J connectivity index is 2.49. The van der Waals surface area contributed by atoms with E-state index in [0.717, 1.165) is 24.3 Å². The summed E-state index contributed by atoms with van der Waals surface area (Å²) in [6, 6.07) is 4.42. The molecule has 26 heavy (non-hydrogen) atoms. The minimum absolute atomic E-state index is 0.0233. The number of aromatic amines is 1. The predicted octanol–water partition coefficient (Wildman–Crippen LogP) is 3.88. The third-order valence-electron chi connectivity index (χ3n) is 3.77. The number of aryl methyl sites for hydroxylation is 1. The second-order valence-corrected chi connectivity index (χ2v) is 5.51. The van der Waals surface area contributed by atoms with Crippen LogP contribution in [0.1, 0.15) is 44.6 Å². The van der Waals surface area contributed by atoms with Gasteiger partial charge in [0.25, 0.3) is 0 Å². The standard InChI is InChI=1S/C19H16F2N2O3/c1-4-26-19(25)16-10(2)17(23-11(16)3)18(24)13(9-22)7-12-8-14(20)5-6-15(12)21/h5-8,23H,4H2,1-3H3/b13-7+. The van der Waals surface area contributed by atoms with E-state index in [2.05, 4.69) is 4.98 Å². The van der Waals surface area contributed by atoms with Gasteiger partial charge in [0, 0.05) is 11.3 Å². The molecule has 1 aromatic carbocycles. The van der Waals surface area contributed by atoms with Crippen LogP contribution < -0.4 is 0 Å². The molecule has 0 aliphatic carbocycles. The fourth-order valence-corrected chi connectivity index (χ4v) is 2.55. The summed E-state index contributed by atoms with van der Waals surface area (Å²) >= 11 is 0. The number of benzene rings is 1. The fraction of sp³-hybridized carbons (Fsp3) is 0.211. The normalized spacial score (nSPS) is 11.2. The maximum absolute atomic E-state index is 13.8. The first-order valence-electron chi connectivity index (χ1n) is 7.78. The van der Waals surface area contributed by atoms with Crippen LogP contribution in [-0.2, 0) is 4.74 Å². The van der Waals surface area contributed by atoms with Crippen LogP contribution in [0.5, 0.6) is 0 Å². The van der Waals surface area contributed by atoms with E-state index in [1.165, 1.54) is 0 Å². The summed E-state index contributed by atoms with van der Waals surface area (Å²) in [6.07, 6.45) is 0.973. The van der Waals surface area contributed by atoms with Gasteiger partial charge in [0.1, 0.15) is 23.3 Å². The highest BCUT2D eigenvalue weighted by molar-refractivity contribution is 6.15. The summed E-state index contributed by atoms with van der Waals surface area (Å²) in [7, 11) is 0. The van der Waals surface area contributed by atoms with Crippen molar-refractivity contribution < 1.29 is 23.1 Å². The Morgan fingerprint density at radius 1 is 1.31 bits per heavy atom. The number of nitrogens with zero attached hydrogens (tertiary/aromatic N) is 1. The second kappa shape index (κ2) is 7.74. The molecule has 0 aliphatic rings. The molecule has 0 atom stereocenters. The van der Waals surface area contributed by atoms with Crippen molar-refractivity contribution in [1.29, 1.82) is 5.26 Å². The molecule has 0 spiro atoms. The highest BCUT2D eigenvalue weighted by atomic mass is 19.1. The summed E-state index contributed by atoms with van der Waals surface area (Å²) in [5.74, 6) is -2.78. The van der Waals surface area contributed by atoms with Crippen LogP contribution in [0, 0.1) is 36.8 Å². The maximum atomic E-state index is 13.8. The lowest BCUT2D eigenvalue weighted by atomic mass is 10.0. The maximum Gasteiger partial charge on any atom is 0.340 e. The SMILES string of the molecule is CCOC(=O)c1c(C)[nH]c(C(=O)/C(C#N)=C/c2cc(F)ccc2F)c1C. The van der Waals surface area contributed by atoms with Gasteiger partial charge in [0.05, 0.1) is 17.9 Å². The Morgan fingerprint density at radius 2 is 2.00 bits per heavy atom. The van der Waals surface area contributed by atoms with E-state index in [-0.39, 0.29) is 23.4 Å². The summed E-state index contributed by atoms with van der Waals surface area (Å²) in [4.78, 5) is 27.4. The number of rotatable bonds is 5. The molecule has 1 aromatic heterocycles. The first-order chi connectivity index (χ1) is 12.3. The topological polar surface area (TPSA) is 83.0 Å². The van der Waals surface area contributed by atoms with Crippen LogP contribution in [0.4, 0.5) is 8.78 Å². The van der Waals surface area contributed by atoms with E-state index in [1.807, 2.05) is 0 Å². The molecule has 5 nitrogen and oxygen atoms in total. The van der Waals surface area contributed by atoms with Gasteiger partial charge in [-0.25, -0.2) is 13.6 Å². The summed E-state index contributed by atoms with van der Waals surface area (Å²) < 4.78 is 32.0. The van der Waals surface area contributed by atoms with E-state index >= 15 is 0 Å². The van der Waals surface area contributed by atoms with E-state index in [1.54, 1.807) is 26.8 Å². The molecule has 0 saturated heterocycles. The molecule has 2 aromatic rings.